The Hall–Kier alpha value is -2.92. The number of nitriles is 1. The highest BCUT2D eigenvalue weighted by Crippen LogP contribution is 2.44. The molecule has 7 nitrogen and oxygen atoms in total. The molecule has 128 valence electrons. The van der Waals surface area contributed by atoms with Crippen molar-refractivity contribution in [3.63, 3.8) is 0 Å². The predicted molar refractivity (Wildman–Crippen MR) is 92.6 cm³/mol. The molecule has 2 aromatic rings. The highest BCUT2D eigenvalue weighted by Gasteiger charge is 2.36. The van der Waals surface area contributed by atoms with Gasteiger partial charge in [0.05, 0.1) is 24.3 Å². The fourth-order valence-corrected chi connectivity index (χ4v) is 3.26. The number of pyridine rings is 1. The Labute approximate surface area is 151 Å². The molecule has 3 N–H and O–H groups in total. The molecule has 0 fully saturated rings. The number of allylic oxidation sites excluding steroid dienone is 1. The van der Waals surface area contributed by atoms with Crippen LogP contribution in [0.1, 0.15) is 22.7 Å². The van der Waals surface area contributed by atoms with Crippen LogP contribution in [0.5, 0.6) is 11.5 Å². The molecule has 0 aliphatic carbocycles. The second kappa shape index (κ2) is 6.18. The Morgan fingerprint density at radius 2 is 2.16 bits per heavy atom. The first-order valence-corrected chi connectivity index (χ1v) is 8.05. The molecule has 0 unspecified atom stereocenters. The molecule has 1 atom stereocenters. The first-order valence-electron chi connectivity index (χ1n) is 7.25. The lowest BCUT2D eigenvalue weighted by Gasteiger charge is -2.27. The molecule has 0 spiro atoms. The third-order valence-corrected chi connectivity index (χ3v) is 4.54. The lowest BCUT2D eigenvalue weighted by atomic mass is 9.83. The minimum absolute atomic E-state index is 0.0739. The normalized spacial score (nSPS) is 16.0. The minimum atomic E-state index is -0.826. The zero-order valence-electron chi connectivity index (χ0n) is 13.4. The third-order valence-electron chi connectivity index (χ3n) is 4.05. The van der Waals surface area contributed by atoms with Gasteiger partial charge < -0.3 is 20.4 Å². The summed E-state index contributed by atoms with van der Waals surface area (Å²) >= 11 is 3.38. The highest BCUT2D eigenvalue weighted by atomic mass is 79.9. The van der Waals surface area contributed by atoms with Crippen LogP contribution in [-0.2, 0) is 0 Å². The number of nitrogens with zero attached hydrogens (tertiary/aromatic N) is 2. The van der Waals surface area contributed by atoms with Crippen molar-refractivity contribution in [2.75, 3.05) is 7.11 Å². The van der Waals surface area contributed by atoms with Crippen molar-refractivity contribution in [1.82, 2.24) is 4.73 Å². The van der Waals surface area contributed by atoms with Gasteiger partial charge in [-0.1, -0.05) is 15.9 Å². The molecule has 1 aliphatic rings. The Morgan fingerprint density at radius 3 is 2.80 bits per heavy atom. The summed E-state index contributed by atoms with van der Waals surface area (Å²) in [6.07, 6.45) is 0. The number of hydrogen-bond donors (Lipinski definition) is 2. The predicted octanol–water partition coefficient (Wildman–Crippen LogP) is 2.38. The molecule has 2 heterocycles. The van der Waals surface area contributed by atoms with E-state index in [9.17, 15) is 15.3 Å². The minimum Gasteiger partial charge on any atom is -0.496 e. The van der Waals surface area contributed by atoms with E-state index in [1.54, 1.807) is 25.1 Å². The van der Waals surface area contributed by atoms with Gasteiger partial charge in [0, 0.05) is 16.1 Å². The van der Waals surface area contributed by atoms with Crippen molar-refractivity contribution in [2.45, 2.75) is 12.8 Å². The second-order valence-electron chi connectivity index (χ2n) is 5.49. The average Bonchev–Trinajstić information content (AvgIpc) is 2.58. The van der Waals surface area contributed by atoms with Gasteiger partial charge in [-0.2, -0.15) is 9.99 Å². The average molecular weight is 404 g/mol. The van der Waals surface area contributed by atoms with Gasteiger partial charge in [0.1, 0.15) is 23.1 Å². The fraction of sp³-hybridized carbons (Fsp3) is 0.176. The van der Waals surface area contributed by atoms with Crippen molar-refractivity contribution < 1.29 is 14.7 Å². The van der Waals surface area contributed by atoms with Crippen molar-refractivity contribution in [1.29, 1.82) is 5.26 Å². The number of halogens is 1. The van der Waals surface area contributed by atoms with Gasteiger partial charge in [-0.05, 0) is 25.1 Å². The molecule has 0 saturated heterocycles. The SMILES string of the molecule is COc1ccc(Br)cc1[C@@H]1C(C#N)=C(N)Oc2cc(C)n(O)c(=O)c21. The molecule has 1 aromatic heterocycles. The summed E-state index contributed by atoms with van der Waals surface area (Å²) < 4.78 is 12.1. The van der Waals surface area contributed by atoms with Gasteiger partial charge in [0.25, 0.3) is 5.56 Å². The molecule has 1 aromatic carbocycles. The first-order chi connectivity index (χ1) is 11.9. The molecule has 25 heavy (non-hydrogen) atoms. The van der Waals surface area contributed by atoms with Crippen LogP contribution in [-0.4, -0.2) is 17.0 Å². The van der Waals surface area contributed by atoms with Crippen LogP contribution < -0.4 is 20.8 Å². The number of nitrogens with two attached hydrogens (primary N) is 1. The summed E-state index contributed by atoms with van der Waals surface area (Å²) in [6.45, 7) is 1.56. The van der Waals surface area contributed by atoms with E-state index in [4.69, 9.17) is 15.2 Å². The van der Waals surface area contributed by atoms with Crippen molar-refractivity contribution in [2.24, 2.45) is 5.73 Å². The zero-order valence-corrected chi connectivity index (χ0v) is 15.0. The number of aryl methyl sites for hydroxylation is 1. The van der Waals surface area contributed by atoms with Crippen LogP contribution in [0.2, 0.25) is 0 Å². The topological polar surface area (TPSA) is 110 Å². The first kappa shape index (κ1) is 16.9. The van der Waals surface area contributed by atoms with Crippen molar-refractivity contribution in [3.05, 3.63) is 67.4 Å². The third kappa shape index (κ3) is 2.62. The summed E-state index contributed by atoms with van der Waals surface area (Å²) in [4.78, 5) is 12.7. The molecule has 0 saturated carbocycles. The van der Waals surface area contributed by atoms with Gasteiger partial charge in [0.2, 0.25) is 5.88 Å². The summed E-state index contributed by atoms with van der Waals surface area (Å²) in [5.74, 6) is -0.230. The Balaban J connectivity index is 2.40. The van der Waals surface area contributed by atoms with E-state index < -0.39 is 11.5 Å². The van der Waals surface area contributed by atoms with Crippen LogP contribution in [0.4, 0.5) is 0 Å². The summed E-state index contributed by atoms with van der Waals surface area (Å²) in [6, 6.07) is 8.73. The fourth-order valence-electron chi connectivity index (χ4n) is 2.88. The van der Waals surface area contributed by atoms with E-state index in [2.05, 4.69) is 15.9 Å². The van der Waals surface area contributed by atoms with E-state index in [1.165, 1.54) is 13.2 Å². The number of benzene rings is 1. The Bertz CT molecular complexity index is 1000. The maximum absolute atomic E-state index is 12.7. The van der Waals surface area contributed by atoms with Gasteiger partial charge in [-0.15, -0.1) is 0 Å². The number of rotatable bonds is 2. The van der Waals surface area contributed by atoms with E-state index in [0.717, 1.165) is 4.47 Å². The summed E-state index contributed by atoms with van der Waals surface area (Å²) in [7, 11) is 1.49. The smallest absolute Gasteiger partial charge is 0.291 e. The van der Waals surface area contributed by atoms with Gasteiger partial charge in [-0.25, -0.2) is 0 Å². The molecule has 0 bridgehead atoms. The maximum Gasteiger partial charge on any atom is 0.291 e. The monoisotopic (exact) mass is 403 g/mol. The Morgan fingerprint density at radius 1 is 1.44 bits per heavy atom. The number of aromatic nitrogens is 1. The largest absolute Gasteiger partial charge is 0.496 e. The van der Waals surface area contributed by atoms with Crippen molar-refractivity contribution in [3.8, 4) is 17.6 Å². The lowest BCUT2D eigenvalue weighted by Crippen LogP contribution is -2.32. The van der Waals surface area contributed by atoms with E-state index in [0.29, 0.717) is 16.0 Å². The number of fused-ring (bicyclic) bond motifs is 1. The van der Waals surface area contributed by atoms with Crippen LogP contribution in [0, 0.1) is 18.3 Å². The molecular weight excluding hydrogens is 390 g/mol. The Kier molecular flexibility index (Phi) is 4.18. The van der Waals surface area contributed by atoms with Gasteiger partial charge >= 0.3 is 0 Å². The molecule has 1 aliphatic heterocycles. The maximum atomic E-state index is 12.7. The van der Waals surface area contributed by atoms with Crippen LogP contribution in [0.3, 0.4) is 0 Å². The summed E-state index contributed by atoms with van der Waals surface area (Å²) in [5.41, 5.74) is 6.27. The zero-order chi connectivity index (χ0) is 18.3. The van der Waals surface area contributed by atoms with E-state index in [-0.39, 0.29) is 28.5 Å². The van der Waals surface area contributed by atoms with E-state index >= 15 is 0 Å². The number of hydrogen-bond acceptors (Lipinski definition) is 6. The van der Waals surface area contributed by atoms with E-state index in [1.807, 2.05) is 6.07 Å². The highest BCUT2D eigenvalue weighted by molar-refractivity contribution is 9.10. The number of methoxy groups -OCH3 is 1. The second-order valence-corrected chi connectivity index (χ2v) is 6.41. The molecule has 0 radical (unpaired) electrons. The molecule has 0 amide bonds. The van der Waals surface area contributed by atoms with Crippen molar-refractivity contribution >= 4 is 15.9 Å². The lowest BCUT2D eigenvalue weighted by molar-refractivity contribution is 0.165. The van der Waals surface area contributed by atoms with Gasteiger partial charge in [-0.3, -0.25) is 4.79 Å². The van der Waals surface area contributed by atoms with Crippen LogP contribution in [0.25, 0.3) is 0 Å². The molecule has 3 rings (SSSR count). The van der Waals surface area contributed by atoms with Gasteiger partial charge in [0.15, 0.2) is 0 Å². The quantitative estimate of drug-likeness (QED) is 0.744. The number of ether oxygens (including phenoxy) is 2. The van der Waals surface area contributed by atoms with Crippen LogP contribution in [0.15, 0.2) is 45.0 Å². The molecule has 8 heteroatoms. The standard InChI is InChI=1S/C17H14BrN3O4/c1-8-5-13-15(17(22)21(8)23)14(11(7-19)16(20)25-13)10-6-9(18)3-4-12(10)24-2/h3-6,14,23H,20H2,1-2H3/t14-/m1/s1. The molecular formula is C17H14BrN3O4. The van der Waals surface area contributed by atoms with Crippen LogP contribution >= 0.6 is 15.9 Å². The summed E-state index contributed by atoms with van der Waals surface area (Å²) in [5, 5.41) is 19.6.